The maximum absolute atomic E-state index is 13.2. The normalized spacial score (nSPS) is 13.6. The number of Topliss-reactive ketones (excluding diaryl/α,β-unsaturated/α-hetero) is 1. The standard InChI is InChI=1S/C27H43N3O5S.3H2/c1-7-11-21(28-26(33)22(14-15-36-6)30-27(34)35-17-18(2)3)25(32)29-23(24(31)19(4)5)16-20-12-9-8-10-13-20;;;/h8-10,12-13,18-19,21-23H,7,11,14-17H2,1-6H3,(H,28,33)(H,29,32)(H,30,34);3*1H/t21-,22-,23-;;;/m1.../s1. The quantitative estimate of drug-likeness (QED) is 0.292. The minimum absolute atomic E-state index is 0. The maximum Gasteiger partial charge on any atom is 0.407 e. The number of carbonyl (C=O) groups excluding carboxylic acids is 4. The van der Waals surface area contributed by atoms with Crippen molar-refractivity contribution in [2.24, 2.45) is 11.8 Å². The maximum atomic E-state index is 13.2. The molecule has 0 aliphatic rings. The molecule has 0 fully saturated rings. The minimum atomic E-state index is -0.832. The van der Waals surface area contributed by atoms with Crippen molar-refractivity contribution in [3.05, 3.63) is 35.9 Å². The van der Waals surface area contributed by atoms with Crippen molar-refractivity contribution >= 4 is 35.5 Å². The highest BCUT2D eigenvalue weighted by Gasteiger charge is 2.30. The van der Waals surface area contributed by atoms with Crippen LogP contribution in [0.25, 0.3) is 0 Å². The summed E-state index contributed by atoms with van der Waals surface area (Å²) in [5.41, 5.74) is 0.939. The molecular formula is C27H49N3O5S. The Morgan fingerprint density at radius 2 is 1.47 bits per heavy atom. The van der Waals surface area contributed by atoms with E-state index in [1.165, 1.54) is 0 Å². The van der Waals surface area contributed by atoms with Crippen LogP contribution in [-0.2, 0) is 25.5 Å². The fourth-order valence-corrected chi connectivity index (χ4v) is 3.98. The van der Waals surface area contributed by atoms with Gasteiger partial charge in [-0.3, -0.25) is 14.4 Å². The summed E-state index contributed by atoms with van der Waals surface area (Å²) >= 11 is 1.55. The van der Waals surface area contributed by atoms with Gasteiger partial charge in [0.05, 0.1) is 12.6 Å². The number of thioether (sulfide) groups is 1. The topological polar surface area (TPSA) is 114 Å². The Labute approximate surface area is 224 Å². The molecule has 36 heavy (non-hydrogen) atoms. The summed E-state index contributed by atoms with van der Waals surface area (Å²) in [6, 6.07) is 7.15. The molecular weight excluding hydrogens is 478 g/mol. The Bertz CT molecular complexity index is 847. The summed E-state index contributed by atoms with van der Waals surface area (Å²) in [6.07, 6.45) is 3.07. The highest BCUT2D eigenvalue weighted by atomic mass is 32.2. The van der Waals surface area contributed by atoms with Gasteiger partial charge in [0.15, 0.2) is 5.78 Å². The fraction of sp³-hybridized carbons (Fsp3) is 0.630. The van der Waals surface area contributed by atoms with Gasteiger partial charge in [-0.15, -0.1) is 0 Å². The van der Waals surface area contributed by atoms with E-state index in [-0.39, 0.29) is 28.5 Å². The van der Waals surface area contributed by atoms with Gasteiger partial charge in [-0.05, 0) is 42.8 Å². The van der Waals surface area contributed by atoms with Gasteiger partial charge >= 0.3 is 6.09 Å². The number of alkyl carbamates (subject to hydrolysis) is 1. The molecule has 0 spiro atoms. The lowest BCUT2D eigenvalue weighted by atomic mass is 9.95. The lowest BCUT2D eigenvalue weighted by Crippen LogP contribution is -2.56. The van der Waals surface area contributed by atoms with E-state index < -0.39 is 36.0 Å². The molecule has 8 nitrogen and oxygen atoms in total. The molecule has 3 amide bonds. The van der Waals surface area contributed by atoms with Gasteiger partial charge in [-0.1, -0.05) is 71.4 Å². The number of rotatable bonds is 16. The third-order valence-corrected chi connectivity index (χ3v) is 6.13. The van der Waals surface area contributed by atoms with Crippen molar-refractivity contribution in [3.63, 3.8) is 0 Å². The van der Waals surface area contributed by atoms with E-state index in [2.05, 4.69) is 16.0 Å². The number of nitrogens with one attached hydrogen (secondary N) is 3. The third kappa shape index (κ3) is 11.9. The van der Waals surface area contributed by atoms with Gasteiger partial charge in [-0.25, -0.2) is 4.79 Å². The number of amides is 3. The molecule has 0 unspecified atom stereocenters. The van der Waals surface area contributed by atoms with Crippen molar-refractivity contribution < 1.29 is 28.2 Å². The zero-order valence-corrected chi connectivity index (χ0v) is 23.3. The van der Waals surface area contributed by atoms with E-state index in [0.717, 1.165) is 5.56 Å². The summed E-state index contributed by atoms with van der Waals surface area (Å²) in [4.78, 5) is 51.4. The average Bonchev–Trinajstić information content (AvgIpc) is 2.84. The lowest BCUT2D eigenvalue weighted by Gasteiger charge is -2.26. The predicted octanol–water partition coefficient (Wildman–Crippen LogP) is 4.47. The van der Waals surface area contributed by atoms with Crippen molar-refractivity contribution in [3.8, 4) is 0 Å². The molecule has 0 radical (unpaired) electrons. The summed E-state index contributed by atoms with van der Waals surface area (Å²) in [5, 5.41) is 8.29. The summed E-state index contributed by atoms with van der Waals surface area (Å²) in [5.74, 6) is -0.365. The number of ketones is 1. The van der Waals surface area contributed by atoms with Crippen molar-refractivity contribution in [1.82, 2.24) is 16.0 Å². The molecule has 0 aliphatic carbocycles. The van der Waals surface area contributed by atoms with Gasteiger partial charge in [-0.2, -0.15) is 11.8 Å². The second-order valence-electron chi connectivity index (χ2n) is 9.63. The molecule has 0 aliphatic heterocycles. The molecule has 208 valence electrons. The molecule has 0 saturated heterocycles. The second-order valence-corrected chi connectivity index (χ2v) is 10.6. The molecule has 3 atom stereocenters. The molecule has 0 saturated carbocycles. The number of hydrogen-bond acceptors (Lipinski definition) is 6. The van der Waals surface area contributed by atoms with Crippen LogP contribution in [0.1, 0.15) is 63.7 Å². The first kappa shape index (κ1) is 31.5. The van der Waals surface area contributed by atoms with E-state index in [1.807, 2.05) is 57.4 Å². The molecule has 0 aromatic heterocycles. The molecule has 1 aromatic rings. The predicted molar refractivity (Wildman–Crippen MR) is 151 cm³/mol. The zero-order chi connectivity index (χ0) is 27.1. The first-order valence-electron chi connectivity index (χ1n) is 12.7. The summed E-state index contributed by atoms with van der Waals surface area (Å²) in [6.45, 7) is 9.62. The van der Waals surface area contributed by atoms with E-state index in [1.54, 1.807) is 25.6 Å². The zero-order valence-electron chi connectivity index (χ0n) is 22.5. The third-order valence-electron chi connectivity index (χ3n) is 5.49. The molecule has 1 aromatic carbocycles. The van der Waals surface area contributed by atoms with Gasteiger partial charge in [0, 0.05) is 10.2 Å². The molecule has 9 heteroatoms. The van der Waals surface area contributed by atoms with Crippen LogP contribution in [0.5, 0.6) is 0 Å². The Morgan fingerprint density at radius 1 is 0.889 bits per heavy atom. The van der Waals surface area contributed by atoms with Crippen molar-refractivity contribution in [1.29, 1.82) is 0 Å². The van der Waals surface area contributed by atoms with Crippen LogP contribution in [0.2, 0.25) is 0 Å². The van der Waals surface area contributed by atoms with Gasteiger partial charge in [0.1, 0.15) is 12.1 Å². The smallest absolute Gasteiger partial charge is 0.407 e. The Balaban J connectivity index is -0.00000432. The van der Waals surface area contributed by atoms with Crippen LogP contribution < -0.4 is 16.0 Å². The van der Waals surface area contributed by atoms with E-state index >= 15 is 0 Å². The van der Waals surface area contributed by atoms with Gasteiger partial charge < -0.3 is 20.7 Å². The lowest BCUT2D eigenvalue weighted by molar-refractivity contribution is -0.133. The van der Waals surface area contributed by atoms with Crippen LogP contribution in [0.4, 0.5) is 4.79 Å². The SMILES string of the molecule is CCC[C@@H](NC(=O)[C@@H](CCSC)NC(=O)OCC(C)C)C(=O)N[C@H](Cc1ccccc1)C(=O)C(C)C.[HH].[HH].[HH]. The van der Waals surface area contributed by atoms with Crippen LogP contribution in [0, 0.1) is 11.8 Å². The highest BCUT2D eigenvalue weighted by Crippen LogP contribution is 2.10. The fourth-order valence-electron chi connectivity index (χ4n) is 3.51. The van der Waals surface area contributed by atoms with E-state index in [4.69, 9.17) is 4.74 Å². The van der Waals surface area contributed by atoms with Crippen LogP contribution in [0.3, 0.4) is 0 Å². The van der Waals surface area contributed by atoms with E-state index in [0.29, 0.717) is 31.4 Å². The summed E-state index contributed by atoms with van der Waals surface area (Å²) < 4.78 is 5.17. The second kappa shape index (κ2) is 17.0. The molecule has 0 bridgehead atoms. The minimum Gasteiger partial charge on any atom is -0.449 e. The monoisotopic (exact) mass is 527 g/mol. The largest absolute Gasteiger partial charge is 0.449 e. The van der Waals surface area contributed by atoms with Crippen molar-refractivity contribution in [2.75, 3.05) is 18.6 Å². The van der Waals surface area contributed by atoms with Crippen LogP contribution in [-0.4, -0.2) is 60.4 Å². The van der Waals surface area contributed by atoms with Gasteiger partial charge in [0.25, 0.3) is 0 Å². The van der Waals surface area contributed by atoms with E-state index in [9.17, 15) is 19.2 Å². The number of carbonyl (C=O) groups is 4. The number of hydrogen-bond donors (Lipinski definition) is 3. The molecule has 3 N–H and O–H groups in total. The van der Waals surface area contributed by atoms with Crippen LogP contribution in [0.15, 0.2) is 30.3 Å². The van der Waals surface area contributed by atoms with Gasteiger partial charge in [0.2, 0.25) is 11.8 Å². The molecule has 0 heterocycles. The average molecular weight is 528 g/mol. The van der Waals surface area contributed by atoms with Crippen molar-refractivity contribution in [2.45, 2.75) is 78.4 Å². The van der Waals surface area contributed by atoms with Crippen LogP contribution >= 0.6 is 11.8 Å². The Kier molecular flexibility index (Phi) is 14.9. The Morgan fingerprint density at radius 3 is 2.00 bits per heavy atom. The first-order valence-corrected chi connectivity index (χ1v) is 14.1. The number of benzene rings is 1. The Hall–Kier alpha value is -2.55. The number of ether oxygens (including phenoxy) is 1. The first-order chi connectivity index (χ1) is 17.1. The summed E-state index contributed by atoms with van der Waals surface area (Å²) in [7, 11) is 0. The molecule has 1 rings (SSSR count). The highest BCUT2D eigenvalue weighted by molar-refractivity contribution is 7.98.